The molecule has 1 aliphatic rings. The van der Waals surface area contributed by atoms with Crippen molar-refractivity contribution >= 4 is 46.4 Å². The summed E-state index contributed by atoms with van der Waals surface area (Å²) in [4.78, 5) is 0. The molecule has 0 bridgehead atoms. The fourth-order valence-electron chi connectivity index (χ4n) is 8.88. The number of hydrogen-bond donors (Lipinski definition) is 0. The first-order valence-electron chi connectivity index (χ1n) is 20.2. The third-order valence-electron chi connectivity index (χ3n) is 11.9. The minimum atomic E-state index is 0.375. The highest BCUT2D eigenvalue weighted by Gasteiger charge is 2.25. The highest BCUT2D eigenvalue weighted by atomic mass is 14.3. The molecule has 0 heterocycles. The molecule has 1 unspecified atom stereocenters. The second kappa shape index (κ2) is 14.4. The standard InChI is InChI=1S/C50H63B/c1-27(2)36-22-40(29(5)6)49(41(23-36)30(7)8)34-15-17-38-44(20-34)33(13)19-45-46-21-35(16-18-39(46)48(51-14)26-47(38)45)50-42(31(9)10)24-37(28(3)4)25-43(50)32(11)12/h15,17-32,35,51H,16H2,1-14H3. The second-order valence-corrected chi connectivity index (χ2v) is 17.6. The van der Waals surface area contributed by atoms with E-state index < -0.39 is 0 Å². The lowest BCUT2D eigenvalue weighted by Gasteiger charge is -2.28. The largest absolute Gasteiger partial charge is 0.155 e. The van der Waals surface area contributed by atoms with E-state index in [0.29, 0.717) is 41.4 Å². The first kappa shape index (κ1) is 37.2. The predicted molar refractivity (Wildman–Crippen MR) is 231 cm³/mol. The SMILES string of the molecule is CBc1cc2c(cc(C)c3cc(-c4c(C(C)C)cc(C(C)C)cc4C(C)C)ccc32)c2c1=CCC(c1c(C(C)C)cc(C(C)C)cc1C(C)C)C=2. The van der Waals surface area contributed by atoms with E-state index in [1.54, 1.807) is 5.56 Å². The van der Waals surface area contributed by atoms with Gasteiger partial charge >= 0.3 is 0 Å². The van der Waals surface area contributed by atoms with Crippen molar-refractivity contribution < 1.29 is 0 Å². The van der Waals surface area contributed by atoms with E-state index in [4.69, 9.17) is 0 Å². The van der Waals surface area contributed by atoms with Crippen molar-refractivity contribution in [2.24, 2.45) is 0 Å². The highest BCUT2D eigenvalue weighted by molar-refractivity contribution is 6.52. The number of hydrogen-bond acceptors (Lipinski definition) is 0. The Bertz CT molecular complexity index is 2180. The quantitative estimate of drug-likeness (QED) is 0.108. The van der Waals surface area contributed by atoms with Crippen molar-refractivity contribution in [2.45, 2.75) is 145 Å². The summed E-state index contributed by atoms with van der Waals surface area (Å²) >= 11 is 0. The summed E-state index contributed by atoms with van der Waals surface area (Å²) < 4.78 is 0. The zero-order valence-corrected chi connectivity index (χ0v) is 34.3. The summed E-state index contributed by atoms with van der Waals surface area (Å²) in [6.45, 7) is 32.9. The van der Waals surface area contributed by atoms with Gasteiger partial charge in [0.2, 0.25) is 0 Å². The van der Waals surface area contributed by atoms with Crippen LogP contribution in [0.15, 0.2) is 54.6 Å². The highest BCUT2D eigenvalue weighted by Crippen LogP contribution is 2.42. The van der Waals surface area contributed by atoms with Gasteiger partial charge in [-0.3, -0.25) is 0 Å². The molecule has 5 aromatic rings. The topological polar surface area (TPSA) is 0 Å². The lowest BCUT2D eigenvalue weighted by Crippen LogP contribution is -2.43. The molecule has 1 atom stereocenters. The zero-order valence-electron chi connectivity index (χ0n) is 34.3. The van der Waals surface area contributed by atoms with Crippen LogP contribution in [0, 0.1) is 6.92 Å². The van der Waals surface area contributed by atoms with Crippen LogP contribution in [0.1, 0.15) is 175 Å². The molecule has 5 aromatic carbocycles. The first-order chi connectivity index (χ1) is 24.1. The van der Waals surface area contributed by atoms with Gasteiger partial charge in [0, 0.05) is 5.92 Å². The van der Waals surface area contributed by atoms with Crippen molar-refractivity contribution in [2.75, 3.05) is 0 Å². The summed E-state index contributed by atoms with van der Waals surface area (Å²) in [5.74, 6) is 3.30. The number of rotatable bonds is 9. The Kier molecular flexibility index (Phi) is 10.5. The maximum absolute atomic E-state index is 2.67. The van der Waals surface area contributed by atoms with Crippen molar-refractivity contribution in [1.82, 2.24) is 0 Å². The summed E-state index contributed by atoms with van der Waals surface area (Å²) in [6, 6.07) is 22.4. The first-order valence-corrected chi connectivity index (χ1v) is 20.2. The van der Waals surface area contributed by atoms with Crippen LogP contribution in [0.2, 0.25) is 6.82 Å². The van der Waals surface area contributed by atoms with E-state index in [-0.39, 0.29) is 0 Å². The van der Waals surface area contributed by atoms with Gasteiger partial charge in [-0.1, -0.05) is 156 Å². The van der Waals surface area contributed by atoms with Gasteiger partial charge in [0.25, 0.3) is 0 Å². The molecule has 0 radical (unpaired) electrons. The third-order valence-corrected chi connectivity index (χ3v) is 11.9. The van der Waals surface area contributed by atoms with Crippen molar-refractivity contribution in [3.63, 3.8) is 0 Å². The van der Waals surface area contributed by atoms with Gasteiger partial charge < -0.3 is 0 Å². The Hall–Kier alpha value is -3.58. The molecule has 0 fully saturated rings. The van der Waals surface area contributed by atoms with Gasteiger partial charge in [0.05, 0.1) is 0 Å². The lowest BCUT2D eigenvalue weighted by atomic mass is 9.69. The molecular formula is C50H63B. The average molecular weight is 675 g/mol. The van der Waals surface area contributed by atoms with E-state index in [1.165, 1.54) is 87.5 Å². The third kappa shape index (κ3) is 6.76. The molecule has 1 heteroatoms. The van der Waals surface area contributed by atoms with Crippen LogP contribution in [0.5, 0.6) is 0 Å². The monoisotopic (exact) mass is 675 g/mol. The van der Waals surface area contributed by atoms with E-state index in [1.807, 2.05) is 0 Å². The molecule has 0 aromatic heterocycles. The molecule has 1 aliphatic carbocycles. The molecule has 0 nitrogen and oxygen atoms in total. The number of aryl methyl sites for hydroxylation is 1. The molecule has 0 saturated heterocycles. The van der Waals surface area contributed by atoms with Crippen LogP contribution in [0.25, 0.3) is 44.8 Å². The van der Waals surface area contributed by atoms with E-state index in [0.717, 1.165) is 13.7 Å². The fourth-order valence-corrected chi connectivity index (χ4v) is 8.88. The molecular weight excluding hydrogens is 611 g/mol. The van der Waals surface area contributed by atoms with Gasteiger partial charge in [-0.2, -0.15) is 0 Å². The minimum Gasteiger partial charge on any atom is -0.0849 e. The minimum absolute atomic E-state index is 0.375. The van der Waals surface area contributed by atoms with Gasteiger partial charge in [-0.05, 0) is 143 Å². The van der Waals surface area contributed by atoms with E-state index in [2.05, 4.69) is 164 Å². The molecule has 0 N–H and O–H groups in total. The maximum atomic E-state index is 2.67. The Balaban J connectivity index is 1.62. The normalized spacial score (nSPS) is 14.8. The smallest absolute Gasteiger partial charge is 0.0849 e. The van der Waals surface area contributed by atoms with E-state index in [9.17, 15) is 0 Å². The van der Waals surface area contributed by atoms with Crippen molar-refractivity contribution in [1.29, 1.82) is 0 Å². The summed E-state index contributed by atoms with van der Waals surface area (Å²) in [7, 11) is 1.04. The fraction of sp³-hybridized carbons (Fsp3) is 0.440. The predicted octanol–water partition coefficient (Wildman–Crippen LogP) is 12.6. The molecule has 0 spiro atoms. The Morgan fingerprint density at radius 1 is 0.529 bits per heavy atom. The van der Waals surface area contributed by atoms with Crippen molar-refractivity contribution in [3.05, 3.63) is 110 Å². The second-order valence-electron chi connectivity index (χ2n) is 17.6. The van der Waals surface area contributed by atoms with Crippen LogP contribution in [-0.4, -0.2) is 7.28 Å². The number of benzene rings is 5. The van der Waals surface area contributed by atoms with Gasteiger partial charge in [0.1, 0.15) is 0 Å². The Morgan fingerprint density at radius 3 is 1.55 bits per heavy atom. The maximum Gasteiger partial charge on any atom is 0.155 e. The Labute approximate surface area is 310 Å². The van der Waals surface area contributed by atoms with Crippen molar-refractivity contribution in [3.8, 4) is 11.1 Å². The van der Waals surface area contributed by atoms with Gasteiger partial charge in [-0.25, -0.2) is 0 Å². The van der Waals surface area contributed by atoms with Crippen LogP contribution >= 0.6 is 0 Å². The van der Waals surface area contributed by atoms with Crippen LogP contribution in [0.4, 0.5) is 0 Å². The molecule has 0 amide bonds. The lowest BCUT2D eigenvalue weighted by molar-refractivity contribution is 0.755. The molecule has 266 valence electrons. The molecule has 0 saturated carbocycles. The summed E-state index contributed by atoms with van der Waals surface area (Å²) in [5, 5.41) is 8.47. The molecule has 6 rings (SSSR count). The van der Waals surface area contributed by atoms with Crippen LogP contribution in [0.3, 0.4) is 0 Å². The molecule has 51 heavy (non-hydrogen) atoms. The summed E-state index contributed by atoms with van der Waals surface area (Å²) in [6.07, 6.45) is 6.31. The zero-order chi connectivity index (χ0) is 37.0. The Morgan fingerprint density at radius 2 is 1.06 bits per heavy atom. The van der Waals surface area contributed by atoms with Crippen LogP contribution in [-0.2, 0) is 0 Å². The van der Waals surface area contributed by atoms with Gasteiger partial charge in [-0.15, -0.1) is 0 Å². The number of fused-ring (bicyclic) bond motifs is 5. The molecule has 0 aliphatic heterocycles. The van der Waals surface area contributed by atoms with E-state index >= 15 is 0 Å². The van der Waals surface area contributed by atoms with Crippen LogP contribution < -0.4 is 15.9 Å². The summed E-state index contributed by atoms with van der Waals surface area (Å²) in [5.41, 5.74) is 16.2. The van der Waals surface area contributed by atoms with Gasteiger partial charge in [0.15, 0.2) is 7.28 Å². The average Bonchev–Trinajstić information content (AvgIpc) is 3.09.